The second-order valence-corrected chi connectivity index (χ2v) is 6.60. The van der Waals surface area contributed by atoms with Gasteiger partial charge in [0.2, 0.25) is 5.95 Å². The zero-order chi connectivity index (χ0) is 17.4. The number of aryl methyl sites for hydroxylation is 1. The second-order valence-electron chi connectivity index (χ2n) is 5.74. The molecule has 0 aliphatic heterocycles. The summed E-state index contributed by atoms with van der Waals surface area (Å²) in [6, 6.07) is 17.6. The van der Waals surface area contributed by atoms with Crippen molar-refractivity contribution in [2.45, 2.75) is 13.5 Å². The standard InChI is InChI=1S/C20H16BrN3O/c1-2-24-18-10-6-5-9-17(18)23-20(24)22-12-13-11-16(21)14-7-3-4-8-15(14)19(13)25/h3-12,25H,2H2,1H3. The minimum absolute atomic E-state index is 0.224. The highest BCUT2D eigenvalue weighted by atomic mass is 79.9. The Hall–Kier alpha value is -2.66. The smallest absolute Gasteiger partial charge is 0.230 e. The Morgan fingerprint density at radius 1 is 1.12 bits per heavy atom. The number of aromatic hydroxyl groups is 1. The van der Waals surface area contributed by atoms with Gasteiger partial charge in [-0.1, -0.05) is 52.3 Å². The highest BCUT2D eigenvalue weighted by Gasteiger charge is 2.10. The molecular formula is C20H16BrN3O. The number of aromatic nitrogens is 2. The van der Waals surface area contributed by atoms with Crippen molar-refractivity contribution < 1.29 is 5.11 Å². The van der Waals surface area contributed by atoms with Crippen molar-refractivity contribution in [1.82, 2.24) is 9.55 Å². The molecule has 4 aromatic rings. The summed E-state index contributed by atoms with van der Waals surface area (Å²) in [6.45, 7) is 2.85. The van der Waals surface area contributed by atoms with Crippen molar-refractivity contribution in [3.63, 3.8) is 0 Å². The van der Waals surface area contributed by atoms with Crippen LogP contribution in [0.15, 0.2) is 64.1 Å². The van der Waals surface area contributed by atoms with Crippen LogP contribution in [0, 0.1) is 0 Å². The third kappa shape index (κ3) is 2.70. The zero-order valence-corrected chi connectivity index (χ0v) is 15.2. The van der Waals surface area contributed by atoms with Gasteiger partial charge in [0.15, 0.2) is 0 Å². The number of imidazole rings is 1. The number of rotatable bonds is 3. The molecule has 0 aliphatic carbocycles. The van der Waals surface area contributed by atoms with Crippen LogP contribution in [0.4, 0.5) is 5.95 Å². The highest BCUT2D eigenvalue weighted by Crippen LogP contribution is 2.34. The largest absolute Gasteiger partial charge is 0.507 e. The molecule has 0 radical (unpaired) electrons. The van der Waals surface area contributed by atoms with Crippen molar-refractivity contribution in [1.29, 1.82) is 0 Å². The summed E-state index contributed by atoms with van der Waals surface area (Å²) in [5.74, 6) is 0.856. The van der Waals surface area contributed by atoms with Crippen LogP contribution in [0.3, 0.4) is 0 Å². The lowest BCUT2D eigenvalue weighted by Gasteiger charge is -2.07. The molecule has 0 amide bonds. The molecule has 1 N–H and O–H groups in total. The third-order valence-corrected chi connectivity index (χ3v) is 4.92. The molecule has 25 heavy (non-hydrogen) atoms. The van der Waals surface area contributed by atoms with E-state index >= 15 is 0 Å². The Labute approximate surface area is 153 Å². The Balaban J connectivity index is 1.83. The summed E-state index contributed by atoms with van der Waals surface area (Å²) < 4.78 is 2.98. The molecule has 0 atom stereocenters. The van der Waals surface area contributed by atoms with Crippen LogP contribution >= 0.6 is 15.9 Å². The lowest BCUT2D eigenvalue weighted by molar-refractivity contribution is 0.481. The van der Waals surface area contributed by atoms with E-state index in [-0.39, 0.29) is 5.75 Å². The van der Waals surface area contributed by atoms with E-state index in [2.05, 4.69) is 37.4 Å². The number of hydrogen-bond donors (Lipinski definition) is 1. The lowest BCUT2D eigenvalue weighted by atomic mass is 10.1. The van der Waals surface area contributed by atoms with Crippen molar-refractivity contribution in [3.8, 4) is 5.75 Å². The van der Waals surface area contributed by atoms with Gasteiger partial charge in [-0.05, 0) is 30.5 Å². The maximum atomic E-state index is 10.6. The molecule has 0 bridgehead atoms. The van der Waals surface area contributed by atoms with Gasteiger partial charge in [-0.25, -0.2) is 9.98 Å². The van der Waals surface area contributed by atoms with E-state index in [1.807, 2.05) is 54.6 Å². The first-order chi connectivity index (χ1) is 12.2. The fourth-order valence-corrected chi connectivity index (χ4v) is 3.63. The Morgan fingerprint density at radius 3 is 2.64 bits per heavy atom. The van der Waals surface area contributed by atoms with E-state index in [9.17, 15) is 5.11 Å². The van der Waals surface area contributed by atoms with Crippen molar-refractivity contribution in [2.24, 2.45) is 4.99 Å². The molecule has 0 saturated carbocycles. The first-order valence-electron chi connectivity index (χ1n) is 8.08. The van der Waals surface area contributed by atoms with E-state index in [0.717, 1.165) is 32.8 Å². The highest BCUT2D eigenvalue weighted by molar-refractivity contribution is 9.10. The van der Waals surface area contributed by atoms with Crippen LogP contribution in [0.1, 0.15) is 12.5 Å². The van der Waals surface area contributed by atoms with Gasteiger partial charge in [0.1, 0.15) is 5.75 Å². The first-order valence-corrected chi connectivity index (χ1v) is 8.88. The fourth-order valence-electron chi connectivity index (χ4n) is 3.03. The molecule has 0 unspecified atom stereocenters. The summed E-state index contributed by atoms with van der Waals surface area (Å²) in [6.07, 6.45) is 1.67. The number of fused-ring (bicyclic) bond motifs is 2. The van der Waals surface area contributed by atoms with Gasteiger partial charge in [-0.15, -0.1) is 0 Å². The van der Waals surface area contributed by atoms with E-state index in [0.29, 0.717) is 11.5 Å². The Morgan fingerprint density at radius 2 is 1.84 bits per heavy atom. The molecule has 0 aliphatic rings. The lowest BCUT2D eigenvalue weighted by Crippen LogP contribution is -1.93. The van der Waals surface area contributed by atoms with Crippen molar-refractivity contribution in [3.05, 3.63) is 64.6 Å². The number of benzene rings is 3. The minimum Gasteiger partial charge on any atom is -0.507 e. The quantitative estimate of drug-likeness (QED) is 0.471. The second kappa shape index (κ2) is 6.33. The van der Waals surface area contributed by atoms with Crippen LogP contribution in [0.5, 0.6) is 5.75 Å². The molecule has 124 valence electrons. The molecule has 4 rings (SSSR count). The Bertz CT molecular complexity index is 1110. The van der Waals surface area contributed by atoms with Crippen molar-refractivity contribution >= 4 is 49.9 Å². The SMILES string of the molecule is CCn1c(N=Cc2cc(Br)c3ccccc3c2O)nc2ccccc21. The molecule has 0 spiro atoms. The summed E-state index contributed by atoms with van der Waals surface area (Å²) in [7, 11) is 0. The first kappa shape index (κ1) is 15.8. The van der Waals surface area contributed by atoms with E-state index in [1.54, 1.807) is 6.21 Å². The molecular weight excluding hydrogens is 378 g/mol. The van der Waals surface area contributed by atoms with E-state index in [1.165, 1.54) is 0 Å². The van der Waals surface area contributed by atoms with Gasteiger partial charge in [0, 0.05) is 28.2 Å². The maximum absolute atomic E-state index is 10.6. The summed E-state index contributed by atoms with van der Waals surface area (Å²) >= 11 is 3.57. The number of halogens is 1. The summed E-state index contributed by atoms with van der Waals surface area (Å²) in [5.41, 5.74) is 2.63. The van der Waals surface area contributed by atoms with Crippen LogP contribution in [-0.4, -0.2) is 20.9 Å². The molecule has 5 heteroatoms. The minimum atomic E-state index is 0.224. The van der Waals surface area contributed by atoms with Gasteiger partial charge < -0.3 is 9.67 Å². The predicted molar refractivity (Wildman–Crippen MR) is 106 cm³/mol. The van der Waals surface area contributed by atoms with Gasteiger partial charge in [-0.2, -0.15) is 0 Å². The predicted octanol–water partition coefficient (Wildman–Crippen LogP) is 5.43. The maximum Gasteiger partial charge on any atom is 0.230 e. The monoisotopic (exact) mass is 393 g/mol. The molecule has 3 aromatic carbocycles. The van der Waals surface area contributed by atoms with Crippen LogP contribution < -0.4 is 0 Å². The number of nitrogens with zero attached hydrogens (tertiary/aromatic N) is 3. The van der Waals surface area contributed by atoms with Crippen LogP contribution in [0.2, 0.25) is 0 Å². The van der Waals surface area contributed by atoms with Gasteiger partial charge in [0.05, 0.1) is 11.0 Å². The van der Waals surface area contributed by atoms with Crippen molar-refractivity contribution in [2.75, 3.05) is 0 Å². The molecule has 0 saturated heterocycles. The summed E-state index contributed by atoms with van der Waals surface area (Å²) in [5, 5.41) is 12.3. The van der Waals surface area contributed by atoms with E-state index < -0.39 is 0 Å². The third-order valence-electron chi connectivity index (χ3n) is 4.26. The zero-order valence-electron chi connectivity index (χ0n) is 13.6. The van der Waals surface area contributed by atoms with E-state index in [4.69, 9.17) is 0 Å². The number of para-hydroxylation sites is 2. The van der Waals surface area contributed by atoms with Gasteiger partial charge in [-0.3, -0.25) is 0 Å². The number of phenolic OH excluding ortho intramolecular Hbond substituents is 1. The van der Waals surface area contributed by atoms with Gasteiger partial charge >= 0.3 is 0 Å². The topological polar surface area (TPSA) is 50.4 Å². The molecule has 0 fully saturated rings. The number of hydrogen-bond acceptors (Lipinski definition) is 3. The fraction of sp³-hybridized carbons (Fsp3) is 0.100. The van der Waals surface area contributed by atoms with Crippen LogP contribution in [-0.2, 0) is 6.54 Å². The number of aliphatic imine (C=N–C) groups is 1. The molecule has 1 aromatic heterocycles. The average molecular weight is 394 g/mol. The summed E-state index contributed by atoms with van der Waals surface area (Å²) in [4.78, 5) is 9.12. The van der Waals surface area contributed by atoms with Crippen LogP contribution in [0.25, 0.3) is 21.8 Å². The normalized spacial score (nSPS) is 11.8. The molecule has 1 heterocycles. The van der Waals surface area contributed by atoms with Gasteiger partial charge in [0.25, 0.3) is 0 Å². The number of phenols is 1. The Kier molecular flexibility index (Phi) is 4.01. The molecule has 4 nitrogen and oxygen atoms in total. The average Bonchev–Trinajstić information content (AvgIpc) is 3.01.